The minimum absolute atomic E-state index is 0.0394. The van der Waals surface area contributed by atoms with Crippen LogP contribution in [0.3, 0.4) is 0 Å². The van der Waals surface area contributed by atoms with Gasteiger partial charge in [0.05, 0.1) is 43.6 Å². The minimum atomic E-state index is -0.913. The number of piperidine rings is 1. The number of carboxylic acid groups (broad SMARTS) is 1. The van der Waals surface area contributed by atoms with E-state index in [1.807, 2.05) is 0 Å². The highest BCUT2D eigenvalue weighted by atomic mass is 32.2. The van der Waals surface area contributed by atoms with Gasteiger partial charge in [0.2, 0.25) is 0 Å². The Hall–Kier alpha value is -8.94. The Balaban J connectivity index is 0.000000129. The Labute approximate surface area is 907 Å². The highest BCUT2D eigenvalue weighted by molar-refractivity contribution is 7.98. The maximum absolute atomic E-state index is 11.7. The van der Waals surface area contributed by atoms with Crippen LogP contribution in [-0.4, -0.2) is 72.9 Å². The van der Waals surface area contributed by atoms with Gasteiger partial charge in [-0.15, -0.1) is 0 Å². The highest BCUT2D eigenvalue weighted by Gasteiger charge is 2.56. The predicted octanol–water partition coefficient (Wildman–Crippen LogP) is 34.0. The molecule has 6 nitrogen and oxygen atoms in total. The summed E-state index contributed by atoms with van der Waals surface area (Å²) in [5.74, 6) is 4.29. The summed E-state index contributed by atoms with van der Waals surface area (Å²) >= 11 is 0. The molecule has 11 saturated carbocycles. The van der Waals surface area contributed by atoms with Gasteiger partial charge < -0.3 is 25.0 Å². The molecule has 11 aliphatic carbocycles. The number of carbonyl (C=O) groups is 2. The zero-order valence-electron chi connectivity index (χ0n) is 94.0. The maximum Gasteiger partial charge on any atom is 0.166 e. The number of carbonyl (C=O) groups excluding carboxylic acids is 2. The van der Waals surface area contributed by atoms with E-state index >= 15 is 0 Å². The number of ketones is 1. The highest BCUT2D eigenvalue weighted by Crippen LogP contribution is 2.59. The Morgan fingerprint density at radius 2 is 0.520 bits per heavy atom. The van der Waals surface area contributed by atoms with Crippen LogP contribution < -0.4 is 10.4 Å². The molecule has 4 atom stereocenters. The molecule has 1 aliphatic heterocycles. The number of rotatable bonds is 16. The third-order valence-electron chi connectivity index (χ3n) is 34.0. The first kappa shape index (κ1) is 113. The fourth-order valence-corrected chi connectivity index (χ4v) is 33.7. The molecule has 1 saturated heterocycles. The molecule has 148 heavy (non-hydrogen) atoms. The van der Waals surface area contributed by atoms with Gasteiger partial charge in [-0.05, 0) is 420 Å². The monoisotopic (exact) mass is 2050 g/mol. The van der Waals surface area contributed by atoms with Crippen LogP contribution in [0.4, 0.5) is 0 Å². The van der Waals surface area contributed by atoms with Crippen molar-refractivity contribution in [2.24, 2.45) is 46.8 Å². The molecule has 12 aromatic rings. The molecule has 10 heteroatoms. The Morgan fingerprint density at radius 1 is 0.304 bits per heavy atom. The topological polar surface area (TPSA) is 75.7 Å². The second-order valence-corrected chi connectivity index (χ2v) is 57.2. The summed E-state index contributed by atoms with van der Waals surface area (Å²) in [6, 6.07) is 111. The van der Waals surface area contributed by atoms with Crippen LogP contribution in [0.5, 0.6) is 0 Å². The summed E-state index contributed by atoms with van der Waals surface area (Å²) in [7, 11) is 6.62. The molecule has 8 bridgehead atoms. The summed E-state index contributed by atoms with van der Waals surface area (Å²) < 4.78 is 0. The van der Waals surface area contributed by atoms with Crippen molar-refractivity contribution in [1.29, 1.82) is 0 Å². The molecule has 12 aliphatic rings. The van der Waals surface area contributed by atoms with Crippen molar-refractivity contribution in [1.82, 2.24) is 15.1 Å². The number of fused-ring (bicyclic) bond motifs is 1. The van der Waals surface area contributed by atoms with Crippen LogP contribution in [0.2, 0.25) is 0 Å². The average molecular weight is 2060 g/mol. The van der Waals surface area contributed by atoms with Crippen LogP contribution in [0, 0.1) is 109 Å². The summed E-state index contributed by atoms with van der Waals surface area (Å²) in [4.78, 5) is 44.7. The molecule has 784 valence electrons. The first-order chi connectivity index (χ1) is 70.8. The summed E-state index contributed by atoms with van der Waals surface area (Å²) in [6.07, 6.45) is 36.5. The Bertz CT molecular complexity index is 5270. The van der Waals surface area contributed by atoms with Gasteiger partial charge in [-0.2, -0.15) is 0 Å². The summed E-state index contributed by atoms with van der Waals surface area (Å²) in [5, 5.41) is 14.7. The lowest BCUT2D eigenvalue weighted by molar-refractivity contribution is -0.325. The number of nitrogens with one attached hydrogen (secondary N) is 1. The number of hydrogen-bond acceptors (Lipinski definition) is 6. The first-order valence-corrected chi connectivity index (χ1v) is 61.5. The molecular weight excluding hydrogens is 1880 g/mol. The van der Waals surface area contributed by atoms with Gasteiger partial charge in [-0.3, -0.25) is 4.79 Å². The van der Waals surface area contributed by atoms with Crippen molar-refractivity contribution in [3.63, 3.8) is 0 Å². The molecule has 0 spiro atoms. The zero-order valence-corrected chi connectivity index (χ0v) is 97.3. The fraction of sp³-hybridized carbons (Fsp3) is 0.464. The summed E-state index contributed by atoms with van der Waals surface area (Å²) in [6.45, 7) is 41.1. The molecule has 0 radical (unpaired) electrons. The first-order valence-electron chi connectivity index (χ1n) is 56.6. The molecule has 1 heterocycles. The predicted molar refractivity (Wildman–Crippen MR) is 630 cm³/mol. The van der Waals surface area contributed by atoms with Gasteiger partial charge >= 0.3 is 0 Å². The standard InChI is InChI=1S/C30H39S.3C21H21S.C13H25N.C11H19N.C11H14O3.C10H19N/c1-28(2,3)22-10-16-25(17-11-22)31(26-18-12-23(13-19-26)29(4,5)6)27-20-14-24(15-21-27)30(7,8)9;3*1-16-4-10-19(11-5-16)22(20-12-6-17(2)7-13-20)21-14-8-18(3)9-15-21;1-14(12-8-4-2-5-9-12)13-10-6-3-7-11-13;1-12-11-5-8-2-9(6-11)4-10(3-8)7-11;12-9-7-1-6-2-8(9)5-11(3-6,4-7)10(13)14;1-11-8-4-6-9-5-2-3-7-10(9)11/h10-21H,1-9H3;3*4-15H,1-3H3;12-13H,2-11H2,1H3;8-10,12H,2-7H2,1H3;6-8H,1-5H2,(H,13,14);9-10H,2-8H2,1H3/q4*+1;;;;/p-1. The smallest absolute Gasteiger partial charge is 0.166 e. The lowest BCUT2D eigenvalue weighted by Gasteiger charge is -2.56. The molecule has 0 amide bonds. The number of hydrogen-bond donors (Lipinski definition) is 1. The van der Waals surface area contributed by atoms with E-state index in [1.54, 1.807) is 19.3 Å². The molecule has 4 unspecified atom stereocenters. The normalized spacial score (nSPS) is 22.4. The average Bonchev–Trinajstić information content (AvgIpc) is 0.728. The van der Waals surface area contributed by atoms with Gasteiger partial charge in [0, 0.05) is 46.9 Å². The lowest BCUT2D eigenvalue weighted by atomic mass is 9.49. The van der Waals surface area contributed by atoms with Crippen LogP contribution in [0.15, 0.2) is 350 Å². The van der Waals surface area contributed by atoms with Gasteiger partial charge in [0.25, 0.3) is 0 Å². The zero-order chi connectivity index (χ0) is 105. The van der Waals surface area contributed by atoms with Crippen molar-refractivity contribution in [2.75, 3.05) is 27.7 Å². The van der Waals surface area contributed by atoms with Crippen molar-refractivity contribution < 1.29 is 14.7 Å². The quantitative estimate of drug-likeness (QED) is 0.0972. The minimum Gasteiger partial charge on any atom is -0.550 e. The number of aryl methyl sites for hydroxylation is 9. The second-order valence-electron chi connectivity index (χ2n) is 49.1. The maximum atomic E-state index is 11.7. The van der Waals surface area contributed by atoms with E-state index in [0.717, 1.165) is 61.1 Å². The molecule has 0 aromatic heterocycles. The number of benzene rings is 12. The van der Waals surface area contributed by atoms with Gasteiger partial charge in [0.15, 0.2) is 58.7 Å². The molecule has 12 fully saturated rings. The largest absolute Gasteiger partial charge is 0.550 e. The second kappa shape index (κ2) is 51.7. The van der Waals surface area contributed by atoms with E-state index in [0.29, 0.717) is 30.1 Å². The lowest BCUT2D eigenvalue weighted by Crippen LogP contribution is -2.57. The summed E-state index contributed by atoms with van der Waals surface area (Å²) in [5.41, 5.74) is 16.3. The Morgan fingerprint density at radius 3 is 0.743 bits per heavy atom. The number of Topliss-reactive ketones (excluding diaryl/α,β-unsaturated/α-hetero) is 1. The molecule has 12 aromatic carbocycles. The van der Waals surface area contributed by atoms with Crippen molar-refractivity contribution in [3.05, 3.63) is 358 Å². The number of likely N-dealkylation sites (tertiary alicyclic amines) is 1. The third kappa shape index (κ3) is 30.4. The van der Waals surface area contributed by atoms with E-state index < -0.39 is 11.4 Å². The number of aliphatic carboxylic acids is 1. The third-order valence-corrected chi connectivity index (χ3v) is 42.9. The number of carboxylic acids is 1. The van der Waals surface area contributed by atoms with E-state index in [2.05, 4.69) is 452 Å². The molecule has 1 N–H and O–H groups in total. The van der Waals surface area contributed by atoms with Gasteiger partial charge in [0.1, 0.15) is 5.78 Å². The van der Waals surface area contributed by atoms with Crippen LogP contribution in [0.1, 0.15) is 302 Å². The van der Waals surface area contributed by atoms with E-state index in [9.17, 15) is 14.7 Å². The Kier molecular flexibility index (Phi) is 39.5. The van der Waals surface area contributed by atoms with Crippen molar-refractivity contribution >= 4 is 55.3 Å². The van der Waals surface area contributed by atoms with Crippen molar-refractivity contribution in [2.45, 2.75) is 397 Å². The van der Waals surface area contributed by atoms with Gasteiger partial charge in [-0.1, -0.05) is 309 Å². The van der Waals surface area contributed by atoms with E-state index in [1.165, 1.54) is 254 Å². The van der Waals surface area contributed by atoms with Crippen molar-refractivity contribution in [3.8, 4) is 0 Å². The van der Waals surface area contributed by atoms with Crippen LogP contribution in [-0.2, 0) is 69.4 Å². The van der Waals surface area contributed by atoms with Crippen LogP contribution in [0.25, 0.3) is 0 Å². The van der Waals surface area contributed by atoms with E-state index in [4.69, 9.17) is 0 Å². The van der Waals surface area contributed by atoms with E-state index in [-0.39, 0.29) is 71.7 Å². The SMILES string of the molecule is CC(C)(C)c1ccc([S+](c2ccc(C(C)(C)C)cc2)c2ccc(C(C)(C)C)cc2)cc1.CN(C1CCCCC1)C1CCCCC1.CN1CCCC2CCCCC21.CNC12CC3CC(CC(C3)C1)C2.Cc1ccc([S+](c2ccc(C)cc2)c2ccc(C)cc2)cc1.Cc1ccc([S+](c2ccc(C)cc2)c2ccc(C)cc2)cc1.Cc1ccc([S+](c2ccc(C)cc2)c2ccc(C)cc2)cc1.O=C1C2CC3CC1CC(C(=O)[O-])(C3)C2. The molecular formula is C138H178N3O3S4+3. The van der Waals surface area contributed by atoms with Gasteiger partial charge in [-0.25, -0.2) is 0 Å². The van der Waals surface area contributed by atoms with Crippen LogP contribution >= 0.6 is 0 Å². The molecule has 24 rings (SSSR count). The fourth-order valence-electron chi connectivity index (χ4n) is 25.5. The number of nitrogens with zero attached hydrogens (tertiary/aromatic N) is 2.